The average Bonchev–Trinajstić information content (AvgIpc) is 2.56. The summed E-state index contributed by atoms with van der Waals surface area (Å²) in [6.07, 6.45) is -4.51. The van der Waals surface area contributed by atoms with Crippen molar-refractivity contribution in [3.8, 4) is 5.75 Å². The first-order chi connectivity index (χ1) is 11.8. The molecule has 2 rings (SSSR count). The highest BCUT2D eigenvalue weighted by atomic mass is 35.5. The number of ether oxygens (including phenoxy) is 1. The summed E-state index contributed by atoms with van der Waals surface area (Å²) in [4.78, 5) is 11.9. The van der Waals surface area contributed by atoms with Gasteiger partial charge in [0.1, 0.15) is 5.75 Å². The predicted molar refractivity (Wildman–Crippen MR) is 91.2 cm³/mol. The van der Waals surface area contributed by atoms with Crippen LogP contribution in [0.15, 0.2) is 42.5 Å². The Bertz CT molecular complexity index is 751. The number of amides is 1. The highest BCUT2D eigenvalue weighted by molar-refractivity contribution is 6.31. The fourth-order valence-electron chi connectivity index (χ4n) is 2.15. The van der Waals surface area contributed by atoms with Crippen LogP contribution in [0.25, 0.3) is 0 Å². The maximum absolute atomic E-state index is 12.8. The minimum Gasteiger partial charge on any atom is -0.495 e. The van der Waals surface area contributed by atoms with Crippen LogP contribution in [0.3, 0.4) is 0 Å². The highest BCUT2D eigenvalue weighted by Crippen LogP contribution is 2.36. The maximum Gasteiger partial charge on any atom is 0.417 e. The predicted octanol–water partition coefficient (Wildman–Crippen LogP) is 4.81. The standard InChI is InChI=1S/C17H16ClF3N2O2/c1-25-15-5-3-2-4-14(15)22-9-8-16(24)23-11-6-7-13(18)12(10-11)17(19,20)21/h2-7,10,22H,8-9H2,1H3,(H,23,24). The number of rotatable bonds is 6. The van der Waals surface area contributed by atoms with Gasteiger partial charge < -0.3 is 15.4 Å². The van der Waals surface area contributed by atoms with Crippen molar-refractivity contribution in [3.63, 3.8) is 0 Å². The first-order valence-corrected chi connectivity index (χ1v) is 7.72. The van der Waals surface area contributed by atoms with E-state index in [0.717, 1.165) is 17.8 Å². The van der Waals surface area contributed by atoms with Crippen molar-refractivity contribution in [2.24, 2.45) is 0 Å². The van der Waals surface area contributed by atoms with Crippen LogP contribution < -0.4 is 15.4 Å². The molecule has 1 amide bonds. The van der Waals surface area contributed by atoms with Gasteiger partial charge in [0.15, 0.2) is 0 Å². The Hall–Kier alpha value is -2.41. The normalized spacial score (nSPS) is 11.1. The van der Waals surface area contributed by atoms with Crippen LogP contribution in [0.5, 0.6) is 5.75 Å². The van der Waals surface area contributed by atoms with Gasteiger partial charge in [-0.1, -0.05) is 23.7 Å². The molecule has 0 unspecified atom stereocenters. The van der Waals surface area contributed by atoms with Gasteiger partial charge in [-0.2, -0.15) is 13.2 Å². The molecule has 2 aromatic carbocycles. The number of carbonyl (C=O) groups is 1. The Morgan fingerprint density at radius 2 is 1.92 bits per heavy atom. The molecule has 0 radical (unpaired) electrons. The summed E-state index contributed by atoms with van der Waals surface area (Å²) in [6.45, 7) is 0.298. The Morgan fingerprint density at radius 1 is 1.20 bits per heavy atom. The lowest BCUT2D eigenvalue weighted by molar-refractivity contribution is -0.137. The summed E-state index contributed by atoms with van der Waals surface area (Å²) in [5, 5.41) is 5.05. The molecule has 0 aliphatic carbocycles. The molecule has 0 heterocycles. The summed E-state index contributed by atoms with van der Waals surface area (Å²) in [5.41, 5.74) is -0.221. The lowest BCUT2D eigenvalue weighted by Crippen LogP contribution is -2.17. The van der Waals surface area contributed by atoms with E-state index in [1.807, 2.05) is 12.1 Å². The molecule has 0 bridgehead atoms. The SMILES string of the molecule is COc1ccccc1NCCC(=O)Nc1ccc(Cl)c(C(F)(F)F)c1. The number of carbonyl (C=O) groups excluding carboxylic acids is 1. The molecule has 0 atom stereocenters. The fourth-order valence-corrected chi connectivity index (χ4v) is 2.37. The number of halogens is 4. The molecule has 0 saturated heterocycles. The molecule has 2 aromatic rings. The second kappa shape index (κ2) is 8.11. The number of anilines is 2. The van der Waals surface area contributed by atoms with Crippen molar-refractivity contribution in [1.82, 2.24) is 0 Å². The van der Waals surface area contributed by atoms with Gasteiger partial charge in [-0.15, -0.1) is 0 Å². The minimum atomic E-state index is -4.58. The molecule has 25 heavy (non-hydrogen) atoms. The van der Waals surface area contributed by atoms with Crippen LogP contribution in [0, 0.1) is 0 Å². The Labute approximate surface area is 147 Å². The minimum absolute atomic E-state index is 0.0408. The van der Waals surface area contributed by atoms with E-state index in [4.69, 9.17) is 16.3 Å². The lowest BCUT2D eigenvalue weighted by Gasteiger charge is -2.13. The van der Waals surface area contributed by atoms with Crippen molar-refractivity contribution in [2.45, 2.75) is 12.6 Å². The van der Waals surface area contributed by atoms with E-state index in [2.05, 4.69) is 10.6 Å². The fraction of sp³-hybridized carbons (Fsp3) is 0.235. The van der Waals surface area contributed by atoms with E-state index in [1.165, 1.54) is 13.2 Å². The number of benzene rings is 2. The molecule has 4 nitrogen and oxygen atoms in total. The first kappa shape index (κ1) is 18.9. The number of hydrogen-bond donors (Lipinski definition) is 2. The Kier molecular flexibility index (Phi) is 6.14. The molecule has 2 N–H and O–H groups in total. The average molecular weight is 373 g/mol. The third kappa shape index (κ3) is 5.29. The largest absolute Gasteiger partial charge is 0.495 e. The van der Waals surface area contributed by atoms with Crippen LogP contribution in [0.4, 0.5) is 24.5 Å². The second-order valence-electron chi connectivity index (χ2n) is 5.12. The van der Waals surface area contributed by atoms with Crippen molar-refractivity contribution in [3.05, 3.63) is 53.1 Å². The molecule has 0 aliphatic rings. The number of methoxy groups -OCH3 is 1. The molecule has 8 heteroatoms. The smallest absolute Gasteiger partial charge is 0.417 e. The van der Waals surface area contributed by atoms with Gasteiger partial charge in [-0.25, -0.2) is 0 Å². The van der Waals surface area contributed by atoms with Gasteiger partial charge in [0, 0.05) is 18.7 Å². The van der Waals surface area contributed by atoms with Crippen molar-refractivity contribution in [2.75, 3.05) is 24.3 Å². The van der Waals surface area contributed by atoms with Gasteiger partial charge >= 0.3 is 6.18 Å². The molecule has 0 aliphatic heterocycles. The van der Waals surface area contributed by atoms with Gasteiger partial charge in [0.25, 0.3) is 0 Å². The second-order valence-corrected chi connectivity index (χ2v) is 5.52. The van der Waals surface area contributed by atoms with Crippen LogP contribution in [-0.2, 0) is 11.0 Å². The van der Waals surface area contributed by atoms with E-state index < -0.39 is 22.7 Å². The lowest BCUT2D eigenvalue weighted by atomic mass is 10.2. The number of nitrogens with one attached hydrogen (secondary N) is 2. The Morgan fingerprint density at radius 3 is 2.60 bits per heavy atom. The third-order valence-electron chi connectivity index (χ3n) is 3.33. The number of hydrogen-bond acceptors (Lipinski definition) is 3. The molecule has 0 saturated carbocycles. The van der Waals surface area contributed by atoms with Crippen LogP contribution in [0.1, 0.15) is 12.0 Å². The third-order valence-corrected chi connectivity index (χ3v) is 3.66. The summed E-state index contributed by atoms with van der Waals surface area (Å²) in [5.74, 6) is 0.216. The van der Waals surface area contributed by atoms with Gasteiger partial charge in [-0.05, 0) is 30.3 Å². The summed E-state index contributed by atoms with van der Waals surface area (Å²) >= 11 is 5.54. The molecule has 0 spiro atoms. The van der Waals surface area contributed by atoms with Crippen LogP contribution in [0.2, 0.25) is 5.02 Å². The molecular formula is C17H16ClF3N2O2. The molecule has 0 aromatic heterocycles. The van der Waals surface area contributed by atoms with Gasteiger partial charge in [0.2, 0.25) is 5.91 Å². The summed E-state index contributed by atoms with van der Waals surface area (Å²) in [7, 11) is 1.53. The Balaban J connectivity index is 1.92. The molecule has 0 fully saturated rings. The summed E-state index contributed by atoms with van der Waals surface area (Å²) in [6, 6.07) is 10.4. The molecule has 134 valence electrons. The topological polar surface area (TPSA) is 50.4 Å². The van der Waals surface area contributed by atoms with Crippen molar-refractivity contribution >= 4 is 28.9 Å². The van der Waals surface area contributed by atoms with E-state index in [0.29, 0.717) is 12.3 Å². The quantitative estimate of drug-likeness (QED) is 0.765. The van der Waals surface area contributed by atoms with Crippen LogP contribution >= 0.6 is 11.6 Å². The van der Waals surface area contributed by atoms with E-state index >= 15 is 0 Å². The first-order valence-electron chi connectivity index (χ1n) is 7.34. The molecular weight excluding hydrogens is 357 g/mol. The zero-order chi connectivity index (χ0) is 18.4. The van der Waals surface area contributed by atoms with E-state index in [9.17, 15) is 18.0 Å². The van der Waals surface area contributed by atoms with E-state index in [-0.39, 0.29) is 12.1 Å². The monoisotopic (exact) mass is 372 g/mol. The van der Waals surface area contributed by atoms with E-state index in [1.54, 1.807) is 12.1 Å². The number of alkyl halides is 3. The maximum atomic E-state index is 12.8. The number of para-hydroxylation sites is 2. The van der Waals surface area contributed by atoms with Crippen molar-refractivity contribution < 1.29 is 22.7 Å². The zero-order valence-electron chi connectivity index (χ0n) is 13.3. The highest BCUT2D eigenvalue weighted by Gasteiger charge is 2.33. The van der Waals surface area contributed by atoms with Crippen molar-refractivity contribution in [1.29, 1.82) is 0 Å². The van der Waals surface area contributed by atoms with Gasteiger partial charge in [-0.3, -0.25) is 4.79 Å². The van der Waals surface area contributed by atoms with Crippen LogP contribution in [-0.4, -0.2) is 19.6 Å². The van der Waals surface area contributed by atoms with Gasteiger partial charge in [0.05, 0.1) is 23.4 Å². The summed E-state index contributed by atoms with van der Waals surface area (Å²) < 4.78 is 43.6. The zero-order valence-corrected chi connectivity index (χ0v) is 14.0.